The number of nitrogens with zero attached hydrogens (tertiary/aromatic N) is 1. The van der Waals surface area contributed by atoms with Crippen LogP contribution in [0.3, 0.4) is 0 Å². The molecule has 1 aliphatic heterocycles. The van der Waals surface area contributed by atoms with Crippen molar-refractivity contribution in [2.75, 3.05) is 11.5 Å². The smallest absolute Gasteiger partial charge is 0.312 e. The lowest BCUT2D eigenvalue weighted by Gasteiger charge is -2.09. The summed E-state index contributed by atoms with van der Waals surface area (Å²) in [5.41, 5.74) is 0.597. The molecule has 0 spiro atoms. The largest absolute Gasteiger partial charge is 0.461 e. The fraction of sp³-hybridized carbons (Fsp3) is 0.429. The minimum absolute atomic E-state index is 0.0345. The number of aromatic nitrogens is 1. The molecule has 1 fully saturated rings. The SMILES string of the molecule is Cc1ccc(-c2nc(CC(=O)O[C@@H]3CCS(=O)(=O)C3)cs2)o1. The molecule has 2 aromatic rings. The van der Waals surface area contributed by atoms with E-state index in [1.807, 2.05) is 19.1 Å². The van der Waals surface area contributed by atoms with E-state index in [0.29, 0.717) is 22.9 Å². The predicted octanol–water partition coefficient (Wildman–Crippen LogP) is 1.98. The van der Waals surface area contributed by atoms with E-state index in [4.69, 9.17) is 9.15 Å². The molecule has 0 aromatic carbocycles. The third-order valence-electron chi connectivity index (χ3n) is 3.32. The van der Waals surface area contributed by atoms with Crippen LogP contribution in [0.1, 0.15) is 17.9 Å². The van der Waals surface area contributed by atoms with Crippen LogP contribution in [-0.4, -0.2) is 37.0 Å². The van der Waals surface area contributed by atoms with Crippen molar-refractivity contribution in [2.24, 2.45) is 0 Å². The van der Waals surface area contributed by atoms with Gasteiger partial charge in [-0.15, -0.1) is 11.3 Å². The molecule has 8 heteroatoms. The van der Waals surface area contributed by atoms with Crippen LogP contribution in [0.25, 0.3) is 10.8 Å². The van der Waals surface area contributed by atoms with Gasteiger partial charge in [-0.05, 0) is 25.5 Å². The van der Waals surface area contributed by atoms with Gasteiger partial charge in [0, 0.05) is 5.38 Å². The number of aryl methyl sites for hydroxylation is 1. The van der Waals surface area contributed by atoms with Gasteiger partial charge < -0.3 is 9.15 Å². The highest BCUT2D eigenvalue weighted by Crippen LogP contribution is 2.26. The summed E-state index contributed by atoms with van der Waals surface area (Å²) in [5.74, 6) is 1.03. The summed E-state index contributed by atoms with van der Waals surface area (Å²) >= 11 is 1.39. The minimum atomic E-state index is -3.05. The maximum atomic E-state index is 11.9. The Bertz CT molecular complexity index is 790. The Balaban J connectivity index is 1.59. The first-order valence-corrected chi connectivity index (χ1v) is 9.52. The number of esters is 1. The van der Waals surface area contributed by atoms with E-state index < -0.39 is 21.9 Å². The van der Waals surface area contributed by atoms with E-state index >= 15 is 0 Å². The molecule has 1 aliphatic rings. The van der Waals surface area contributed by atoms with Gasteiger partial charge in [0.1, 0.15) is 11.9 Å². The van der Waals surface area contributed by atoms with E-state index in [2.05, 4.69) is 4.98 Å². The van der Waals surface area contributed by atoms with Crippen molar-refractivity contribution in [3.05, 3.63) is 29.0 Å². The number of sulfone groups is 1. The standard InChI is InChI=1S/C14H15NO5S2/c1-9-2-3-12(19-9)14-15-10(7-21-14)6-13(16)20-11-4-5-22(17,18)8-11/h2-3,7,11H,4-6,8H2,1H3/t11-/m1/s1. The molecule has 6 nitrogen and oxygen atoms in total. The summed E-state index contributed by atoms with van der Waals surface area (Å²) in [4.78, 5) is 16.2. The van der Waals surface area contributed by atoms with Crippen molar-refractivity contribution >= 4 is 27.1 Å². The molecule has 0 amide bonds. The molecular formula is C14H15NO5S2. The van der Waals surface area contributed by atoms with Gasteiger partial charge in [-0.25, -0.2) is 13.4 Å². The Morgan fingerprint density at radius 3 is 2.95 bits per heavy atom. The van der Waals surface area contributed by atoms with Crippen LogP contribution >= 0.6 is 11.3 Å². The Morgan fingerprint density at radius 2 is 2.32 bits per heavy atom. The van der Waals surface area contributed by atoms with Gasteiger partial charge in [0.2, 0.25) is 0 Å². The predicted molar refractivity (Wildman–Crippen MR) is 81.4 cm³/mol. The van der Waals surface area contributed by atoms with E-state index in [1.165, 1.54) is 11.3 Å². The molecule has 118 valence electrons. The zero-order chi connectivity index (χ0) is 15.7. The average Bonchev–Trinajstić information content (AvgIpc) is 3.11. The molecular weight excluding hydrogens is 326 g/mol. The molecule has 1 saturated heterocycles. The number of thiazole rings is 1. The van der Waals surface area contributed by atoms with Crippen molar-refractivity contribution in [2.45, 2.75) is 25.9 Å². The van der Waals surface area contributed by atoms with Crippen LogP contribution in [0, 0.1) is 6.92 Å². The maximum absolute atomic E-state index is 11.9. The normalized spacial score (nSPS) is 20.1. The zero-order valence-corrected chi connectivity index (χ0v) is 13.6. The summed E-state index contributed by atoms with van der Waals surface area (Å²) < 4.78 is 33.3. The van der Waals surface area contributed by atoms with Gasteiger partial charge in [0.25, 0.3) is 0 Å². The molecule has 0 unspecified atom stereocenters. The highest BCUT2D eigenvalue weighted by atomic mass is 32.2. The van der Waals surface area contributed by atoms with Crippen LogP contribution in [0.5, 0.6) is 0 Å². The highest BCUT2D eigenvalue weighted by Gasteiger charge is 2.30. The van der Waals surface area contributed by atoms with Gasteiger partial charge in [0.05, 0.1) is 23.6 Å². The Labute approximate surface area is 132 Å². The van der Waals surface area contributed by atoms with E-state index in [9.17, 15) is 13.2 Å². The summed E-state index contributed by atoms with van der Waals surface area (Å²) in [5, 5.41) is 2.49. The number of furan rings is 1. The van der Waals surface area contributed by atoms with Crippen LogP contribution in [0.4, 0.5) is 0 Å². The van der Waals surface area contributed by atoms with Crippen molar-refractivity contribution < 1.29 is 22.4 Å². The topological polar surface area (TPSA) is 86.5 Å². The summed E-state index contributed by atoms with van der Waals surface area (Å²) in [6.45, 7) is 1.85. The molecule has 0 saturated carbocycles. The summed E-state index contributed by atoms with van der Waals surface area (Å²) in [6.07, 6.45) is -0.113. The second kappa shape index (κ2) is 5.85. The fourth-order valence-electron chi connectivity index (χ4n) is 2.28. The number of carbonyl (C=O) groups is 1. The van der Waals surface area contributed by atoms with Crippen LogP contribution in [-0.2, 0) is 25.8 Å². The molecule has 0 N–H and O–H groups in total. The first kappa shape index (κ1) is 15.2. The molecule has 3 heterocycles. The van der Waals surface area contributed by atoms with Crippen molar-refractivity contribution in [3.63, 3.8) is 0 Å². The monoisotopic (exact) mass is 341 g/mol. The lowest BCUT2D eigenvalue weighted by Crippen LogP contribution is -2.20. The Kier molecular flexibility index (Phi) is 4.05. The third-order valence-corrected chi connectivity index (χ3v) is 5.96. The molecule has 3 rings (SSSR count). The lowest BCUT2D eigenvalue weighted by atomic mass is 10.3. The van der Waals surface area contributed by atoms with Crippen LogP contribution in [0.2, 0.25) is 0 Å². The first-order chi connectivity index (χ1) is 10.4. The van der Waals surface area contributed by atoms with Crippen molar-refractivity contribution in [1.29, 1.82) is 0 Å². The number of hydrogen-bond acceptors (Lipinski definition) is 7. The number of ether oxygens (including phenoxy) is 1. The fourth-order valence-corrected chi connectivity index (χ4v) is 4.65. The van der Waals surface area contributed by atoms with Gasteiger partial charge in [-0.3, -0.25) is 4.79 Å². The van der Waals surface area contributed by atoms with Crippen LogP contribution < -0.4 is 0 Å². The number of rotatable bonds is 4. The molecule has 0 aliphatic carbocycles. The second-order valence-corrected chi connectivity index (χ2v) is 8.33. The zero-order valence-electron chi connectivity index (χ0n) is 11.9. The molecule has 2 aromatic heterocycles. The molecule has 1 atom stereocenters. The molecule has 22 heavy (non-hydrogen) atoms. The highest BCUT2D eigenvalue weighted by molar-refractivity contribution is 7.91. The maximum Gasteiger partial charge on any atom is 0.312 e. The van der Waals surface area contributed by atoms with Gasteiger partial charge in [0.15, 0.2) is 20.6 Å². The number of hydrogen-bond donors (Lipinski definition) is 0. The lowest BCUT2D eigenvalue weighted by molar-refractivity contribution is -0.147. The molecule has 0 radical (unpaired) electrons. The Hall–Kier alpha value is -1.67. The third kappa shape index (κ3) is 3.56. The van der Waals surface area contributed by atoms with Gasteiger partial charge in [-0.1, -0.05) is 0 Å². The first-order valence-electron chi connectivity index (χ1n) is 6.82. The minimum Gasteiger partial charge on any atom is -0.461 e. The van der Waals surface area contributed by atoms with Crippen molar-refractivity contribution in [1.82, 2.24) is 4.98 Å². The quantitative estimate of drug-likeness (QED) is 0.791. The average molecular weight is 341 g/mol. The van der Waals surface area contributed by atoms with E-state index in [-0.39, 0.29) is 17.9 Å². The van der Waals surface area contributed by atoms with Crippen molar-refractivity contribution in [3.8, 4) is 10.8 Å². The van der Waals surface area contributed by atoms with Gasteiger partial charge >= 0.3 is 5.97 Å². The number of carbonyl (C=O) groups excluding carboxylic acids is 1. The summed E-state index contributed by atoms with van der Waals surface area (Å²) in [7, 11) is -3.05. The van der Waals surface area contributed by atoms with Crippen LogP contribution in [0.15, 0.2) is 21.9 Å². The van der Waals surface area contributed by atoms with E-state index in [1.54, 1.807) is 5.38 Å². The Morgan fingerprint density at radius 1 is 1.50 bits per heavy atom. The second-order valence-electron chi connectivity index (χ2n) is 5.25. The van der Waals surface area contributed by atoms with Gasteiger partial charge in [-0.2, -0.15) is 0 Å². The summed E-state index contributed by atoms with van der Waals surface area (Å²) in [6, 6.07) is 3.69. The molecule has 0 bridgehead atoms. The van der Waals surface area contributed by atoms with E-state index in [0.717, 1.165) is 5.76 Å².